The summed E-state index contributed by atoms with van der Waals surface area (Å²) >= 11 is 13.7. The number of benzene rings is 2. The van der Waals surface area contributed by atoms with Gasteiger partial charge in [-0.25, -0.2) is 8.78 Å². The topological polar surface area (TPSA) is 32.3 Å². The SMILES string of the molecule is O=C(NCCSCc1c(F)cccc1Cl)C1CCN(Cc2c(F)cccc2Cl)CC1. The number of nitrogens with one attached hydrogen (secondary N) is 1. The van der Waals surface area contributed by atoms with Crippen molar-refractivity contribution in [2.45, 2.75) is 25.1 Å². The van der Waals surface area contributed by atoms with Gasteiger partial charge >= 0.3 is 0 Å². The zero-order valence-corrected chi connectivity index (χ0v) is 18.8. The van der Waals surface area contributed by atoms with Gasteiger partial charge in [0.05, 0.1) is 0 Å². The number of halogens is 4. The maximum Gasteiger partial charge on any atom is 0.223 e. The first-order valence-corrected chi connectivity index (χ1v) is 11.8. The van der Waals surface area contributed by atoms with E-state index in [2.05, 4.69) is 10.2 Å². The predicted molar refractivity (Wildman–Crippen MR) is 120 cm³/mol. The van der Waals surface area contributed by atoms with E-state index in [0.717, 1.165) is 25.9 Å². The highest BCUT2D eigenvalue weighted by molar-refractivity contribution is 7.98. The number of thioether (sulfide) groups is 1. The Hall–Kier alpha value is -1.34. The lowest BCUT2D eigenvalue weighted by Crippen LogP contribution is -2.40. The Balaban J connectivity index is 1.35. The van der Waals surface area contributed by atoms with Gasteiger partial charge in [0.1, 0.15) is 11.6 Å². The summed E-state index contributed by atoms with van der Waals surface area (Å²) in [6.45, 7) is 2.43. The predicted octanol–water partition coefficient (Wildman–Crippen LogP) is 5.53. The molecule has 1 N–H and O–H groups in total. The summed E-state index contributed by atoms with van der Waals surface area (Å²) in [6, 6.07) is 9.37. The highest BCUT2D eigenvalue weighted by atomic mass is 35.5. The van der Waals surface area contributed by atoms with Gasteiger partial charge in [-0.2, -0.15) is 11.8 Å². The van der Waals surface area contributed by atoms with Gasteiger partial charge in [0.15, 0.2) is 0 Å². The second-order valence-corrected chi connectivity index (χ2v) is 9.21. The molecule has 0 radical (unpaired) electrons. The maximum absolute atomic E-state index is 14.0. The zero-order valence-electron chi connectivity index (χ0n) is 16.5. The number of carbonyl (C=O) groups excluding carboxylic acids is 1. The number of carbonyl (C=O) groups is 1. The van der Waals surface area contributed by atoms with E-state index in [-0.39, 0.29) is 23.5 Å². The molecule has 1 aliphatic heterocycles. The molecule has 2 aromatic rings. The fourth-order valence-corrected chi connectivity index (χ4v) is 4.92. The third kappa shape index (κ3) is 6.33. The highest BCUT2D eigenvalue weighted by Crippen LogP contribution is 2.25. The smallest absolute Gasteiger partial charge is 0.223 e. The molecule has 30 heavy (non-hydrogen) atoms. The van der Waals surface area contributed by atoms with Gasteiger partial charge in [0.25, 0.3) is 0 Å². The van der Waals surface area contributed by atoms with Gasteiger partial charge in [-0.3, -0.25) is 9.69 Å². The van der Waals surface area contributed by atoms with Crippen molar-refractivity contribution >= 4 is 40.9 Å². The Morgan fingerprint density at radius 1 is 1.03 bits per heavy atom. The molecule has 1 fully saturated rings. The molecule has 2 aromatic carbocycles. The molecular formula is C22H24Cl2F2N2OS. The van der Waals surface area contributed by atoms with Crippen LogP contribution >= 0.6 is 35.0 Å². The number of hydrogen-bond acceptors (Lipinski definition) is 3. The van der Waals surface area contributed by atoms with Crippen molar-refractivity contribution in [2.24, 2.45) is 5.92 Å². The molecule has 0 aromatic heterocycles. The van der Waals surface area contributed by atoms with E-state index in [1.54, 1.807) is 24.3 Å². The summed E-state index contributed by atoms with van der Waals surface area (Å²) < 4.78 is 27.7. The quantitative estimate of drug-likeness (QED) is 0.512. The van der Waals surface area contributed by atoms with Crippen molar-refractivity contribution in [3.8, 4) is 0 Å². The Morgan fingerprint density at radius 3 is 2.23 bits per heavy atom. The average molecular weight is 473 g/mol. The number of nitrogens with zero attached hydrogens (tertiary/aromatic N) is 1. The third-order valence-corrected chi connectivity index (χ3v) is 6.95. The van der Waals surface area contributed by atoms with Crippen LogP contribution in [0.1, 0.15) is 24.0 Å². The molecular weight excluding hydrogens is 449 g/mol. The second-order valence-electron chi connectivity index (χ2n) is 7.29. The van der Waals surface area contributed by atoms with E-state index in [9.17, 15) is 13.6 Å². The molecule has 3 rings (SSSR count). The van der Waals surface area contributed by atoms with Crippen LogP contribution in [0.3, 0.4) is 0 Å². The molecule has 0 aliphatic carbocycles. The lowest BCUT2D eigenvalue weighted by Gasteiger charge is -2.31. The number of piperidine rings is 1. The largest absolute Gasteiger partial charge is 0.355 e. The second kappa shape index (κ2) is 11.3. The monoisotopic (exact) mass is 472 g/mol. The summed E-state index contributed by atoms with van der Waals surface area (Å²) in [7, 11) is 0. The average Bonchev–Trinajstić information content (AvgIpc) is 2.73. The van der Waals surface area contributed by atoms with E-state index < -0.39 is 0 Å². The zero-order chi connectivity index (χ0) is 21.5. The first-order valence-electron chi connectivity index (χ1n) is 9.89. The van der Waals surface area contributed by atoms with Crippen LogP contribution in [0.5, 0.6) is 0 Å². The van der Waals surface area contributed by atoms with Crippen LogP contribution in [-0.4, -0.2) is 36.2 Å². The van der Waals surface area contributed by atoms with Crippen LogP contribution in [-0.2, 0) is 17.1 Å². The Kier molecular flexibility index (Phi) is 8.81. The number of rotatable bonds is 8. The van der Waals surface area contributed by atoms with Gasteiger partial charge in [0.2, 0.25) is 5.91 Å². The molecule has 3 nitrogen and oxygen atoms in total. The molecule has 1 amide bonds. The van der Waals surface area contributed by atoms with E-state index in [4.69, 9.17) is 23.2 Å². The minimum Gasteiger partial charge on any atom is -0.355 e. The highest BCUT2D eigenvalue weighted by Gasteiger charge is 2.25. The van der Waals surface area contributed by atoms with Crippen LogP contribution in [0, 0.1) is 17.6 Å². The lowest BCUT2D eigenvalue weighted by atomic mass is 9.95. The Morgan fingerprint density at radius 2 is 1.63 bits per heavy atom. The molecule has 8 heteroatoms. The molecule has 162 valence electrons. The van der Waals surface area contributed by atoms with Gasteiger partial charge in [-0.05, 0) is 50.2 Å². The van der Waals surface area contributed by atoms with E-state index >= 15 is 0 Å². The van der Waals surface area contributed by atoms with Crippen molar-refractivity contribution in [3.63, 3.8) is 0 Å². The minimum absolute atomic E-state index is 0.0386. The van der Waals surface area contributed by atoms with Crippen molar-refractivity contribution in [1.82, 2.24) is 10.2 Å². The molecule has 1 heterocycles. The summed E-state index contributed by atoms with van der Waals surface area (Å²) in [6.07, 6.45) is 1.46. The third-order valence-electron chi connectivity index (χ3n) is 5.26. The number of hydrogen-bond donors (Lipinski definition) is 1. The fraction of sp³-hybridized carbons (Fsp3) is 0.409. The molecule has 0 saturated carbocycles. The Labute approximate surface area is 190 Å². The first kappa shape index (κ1) is 23.3. The molecule has 1 aliphatic rings. The summed E-state index contributed by atoms with van der Waals surface area (Å²) in [4.78, 5) is 14.5. The summed E-state index contributed by atoms with van der Waals surface area (Å²) in [5.41, 5.74) is 1.01. The Bertz CT molecular complexity index is 836. The van der Waals surface area contributed by atoms with E-state index in [1.807, 2.05) is 0 Å². The summed E-state index contributed by atoms with van der Waals surface area (Å²) in [5.74, 6) is 0.560. The van der Waals surface area contributed by atoms with Gasteiger partial charge < -0.3 is 5.32 Å². The number of likely N-dealkylation sites (tertiary alicyclic amines) is 1. The van der Waals surface area contributed by atoms with Crippen molar-refractivity contribution < 1.29 is 13.6 Å². The van der Waals surface area contributed by atoms with Crippen molar-refractivity contribution in [3.05, 3.63) is 69.2 Å². The molecule has 0 spiro atoms. The molecule has 1 saturated heterocycles. The van der Waals surface area contributed by atoms with Crippen LogP contribution in [0.4, 0.5) is 8.78 Å². The molecule has 0 unspecified atom stereocenters. The normalized spacial score (nSPS) is 15.3. The fourth-order valence-electron chi connectivity index (χ4n) is 3.50. The minimum atomic E-state index is -0.303. The van der Waals surface area contributed by atoms with Crippen molar-refractivity contribution in [1.29, 1.82) is 0 Å². The first-order chi connectivity index (χ1) is 14.5. The lowest BCUT2D eigenvalue weighted by molar-refractivity contribution is -0.126. The van der Waals surface area contributed by atoms with Crippen LogP contribution in [0.2, 0.25) is 10.0 Å². The maximum atomic E-state index is 14.0. The van der Waals surface area contributed by atoms with E-state index in [0.29, 0.717) is 45.8 Å². The van der Waals surface area contributed by atoms with Crippen molar-refractivity contribution in [2.75, 3.05) is 25.4 Å². The number of amides is 1. The van der Waals surface area contributed by atoms with Crippen LogP contribution in [0.15, 0.2) is 36.4 Å². The van der Waals surface area contributed by atoms with Crippen LogP contribution in [0.25, 0.3) is 0 Å². The standard InChI is InChI=1S/C22H24Cl2F2N2OS/c23-18-3-1-5-20(25)16(18)13-28-10-7-15(8-11-28)22(29)27-9-12-30-14-17-19(24)4-2-6-21(17)26/h1-6,15H,7-14H2,(H,27,29). The van der Waals surface area contributed by atoms with Crippen LogP contribution < -0.4 is 5.32 Å². The summed E-state index contributed by atoms with van der Waals surface area (Å²) in [5, 5.41) is 3.82. The van der Waals surface area contributed by atoms with Gasteiger partial charge in [0, 0.05) is 51.7 Å². The molecule has 0 atom stereocenters. The van der Waals surface area contributed by atoms with Gasteiger partial charge in [-0.1, -0.05) is 35.3 Å². The molecule has 0 bridgehead atoms. The van der Waals surface area contributed by atoms with E-state index in [1.165, 1.54) is 23.9 Å². The van der Waals surface area contributed by atoms with Gasteiger partial charge in [-0.15, -0.1) is 0 Å².